The number of carbonyl (C=O) groups is 1. The fourth-order valence-electron chi connectivity index (χ4n) is 1.38. The van der Waals surface area contributed by atoms with Crippen molar-refractivity contribution in [3.05, 3.63) is 18.8 Å². The summed E-state index contributed by atoms with van der Waals surface area (Å²) in [5.74, 6) is -0.773. The minimum atomic E-state index is -1.77. The van der Waals surface area contributed by atoms with Crippen molar-refractivity contribution < 1.29 is 9.90 Å². The van der Waals surface area contributed by atoms with Crippen molar-refractivity contribution in [2.45, 2.75) is 17.5 Å². The quantitative estimate of drug-likeness (QED) is 0.796. The van der Waals surface area contributed by atoms with E-state index in [1.807, 2.05) is 3.83 Å². The predicted molar refractivity (Wildman–Crippen MR) is 58.4 cm³/mol. The molecular formula is C9H12BrInO2. The van der Waals surface area contributed by atoms with Gasteiger partial charge in [-0.1, -0.05) is 0 Å². The molecule has 1 aliphatic rings. The minimum absolute atomic E-state index is 0.548. The predicted octanol–water partition coefficient (Wildman–Crippen LogP) is 2.32. The molecule has 0 aromatic carbocycles. The Hall–Kier alpha value is 0.300. The normalized spacial score (nSPS) is 16.2. The number of alkyl halides is 1. The van der Waals surface area contributed by atoms with Crippen LogP contribution < -0.4 is 0 Å². The summed E-state index contributed by atoms with van der Waals surface area (Å²) in [5, 5.41) is 9.59. The average molecular weight is 347 g/mol. The topological polar surface area (TPSA) is 37.3 Å². The fourth-order valence-corrected chi connectivity index (χ4v) is 9.62. The molecule has 1 heterocycles. The third kappa shape index (κ3) is 2.62. The standard InChI is InChI=1S/C6H5BrO2.C3H7.In/c1-4(3-7)5(2)6(8)9;1-3-2;/h1-2H,3H2,(H,8,9);3H,1-2H3;. The van der Waals surface area contributed by atoms with Crippen molar-refractivity contribution in [1.82, 2.24) is 0 Å². The van der Waals surface area contributed by atoms with Crippen LogP contribution in [-0.2, 0) is 4.79 Å². The van der Waals surface area contributed by atoms with Gasteiger partial charge in [-0.25, -0.2) is 0 Å². The van der Waals surface area contributed by atoms with Crippen molar-refractivity contribution in [2.75, 3.05) is 5.33 Å². The summed E-state index contributed by atoms with van der Waals surface area (Å²) in [6.45, 7) is 4.37. The molecule has 0 aromatic heterocycles. The summed E-state index contributed by atoms with van der Waals surface area (Å²) in [6.07, 6.45) is 0. The van der Waals surface area contributed by atoms with E-state index in [1.54, 1.807) is 0 Å². The maximum atomic E-state index is 10.8. The Balaban J connectivity index is 2.91. The van der Waals surface area contributed by atoms with E-state index in [2.05, 4.69) is 33.6 Å². The van der Waals surface area contributed by atoms with E-state index in [9.17, 15) is 4.79 Å². The second-order valence-electron chi connectivity index (χ2n) is 3.53. The van der Waals surface area contributed by atoms with Crippen molar-refractivity contribution in [3.63, 3.8) is 0 Å². The molecule has 1 N–H and O–H groups in total. The number of carboxylic acids is 1. The molecule has 0 atom stereocenters. The maximum absolute atomic E-state index is 10.8. The van der Waals surface area contributed by atoms with Crippen molar-refractivity contribution in [2.24, 2.45) is 0 Å². The average Bonchev–Trinajstić information content (AvgIpc) is 2.47. The van der Waals surface area contributed by atoms with E-state index in [0.717, 1.165) is 5.57 Å². The second-order valence-corrected chi connectivity index (χ2v) is 13.1. The van der Waals surface area contributed by atoms with E-state index >= 15 is 0 Å². The van der Waals surface area contributed by atoms with Gasteiger partial charge < -0.3 is 0 Å². The Morgan fingerprint density at radius 1 is 1.62 bits per heavy atom. The van der Waals surface area contributed by atoms with Gasteiger partial charge >= 0.3 is 94.9 Å². The molecule has 1 rings (SSSR count). The van der Waals surface area contributed by atoms with E-state index in [1.165, 1.54) is 0 Å². The van der Waals surface area contributed by atoms with Crippen LogP contribution in [0.5, 0.6) is 0 Å². The zero-order valence-corrected chi connectivity index (χ0v) is 12.6. The number of carboxylic acid groups (broad SMARTS) is 1. The van der Waals surface area contributed by atoms with E-state index in [4.69, 9.17) is 5.11 Å². The molecule has 0 amide bonds. The van der Waals surface area contributed by atoms with Crippen LogP contribution in [-0.4, -0.2) is 37.8 Å². The molecule has 0 radical (unpaired) electrons. The van der Waals surface area contributed by atoms with Gasteiger partial charge in [-0.3, -0.25) is 0 Å². The summed E-state index contributed by atoms with van der Waals surface area (Å²) in [5.41, 5.74) is 1.54. The van der Waals surface area contributed by atoms with Crippen LogP contribution >= 0.6 is 15.9 Å². The summed E-state index contributed by atoms with van der Waals surface area (Å²) in [6, 6.07) is 0. The molecule has 70 valence electrons. The number of rotatable bonds is 3. The molecule has 1 aliphatic heterocycles. The van der Waals surface area contributed by atoms with Gasteiger partial charge in [0.1, 0.15) is 0 Å². The molecule has 13 heavy (non-hydrogen) atoms. The Morgan fingerprint density at radius 2 is 2.23 bits per heavy atom. The molecule has 4 heteroatoms. The Kier molecular flexibility index (Phi) is 4.10. The molecule has 0 saturated heterocycles. The van der Waals surface area contributed by atoms with Crippen molar-refractivity contribution in [1.29, 1.82) is 0 Å². The molecule has 0 saturated carbocycles. The van der Waals surface area contributed by atoms with Crippen LogP contribution in [0.25, 0.3) is 0 Å². The third-order valence-corrected chi connectivity index (χ3v) is 11.5. The number of hydrogen-bond donors (Lipinski definition) is 1. The van der Waals surface area contributed by atoms with Crippen LogP contribution in [0.3, 0.4) is 0 Å². The van der Waals surface area contributed by atoms with E-state index in [0.29, 0.717) is 14.6 Å². The van der Waals surface area contributed by atoms with Gasteiger partial charge in [0, 0.05) is 0 Å². The zero-order valence-electron chi connectivity index (χ0n) is 7.75. The van der Waals surface area contributed by atoms with Crippen LogP contribution in [0, 0.1) is 0 Å². The van der Waals surface area contributed by atoms with Crippen molar-refractivity contribution >= 4 is 43.3 Å². The van der Waals surface area contributed by atoms with Crippen molar-refractivity contribution in [3.8, 4) is 0 Å². The molecule has 2 nitrogen and oxygen atoms in total. The van der Waals surface area contributed by atoms with Gasteiger partial charge in [-0.05, 0) is 0 Å². The molecule has 0 fully saturated rings. The van der Waals surface area contributed by atoms with Gasteiger partial charge in [0.15, 0.2) is 0 Å². The number of halogens is 1. The van der Waals surface area contributed by atoms with Gasteiger partial charge in [-0.2, -0.15) is 0 Å². The van der Waals surface area contributed by atoms with Gasteiger partial charge in [-0.15, -0.1) is 0 Å². The first kappa shape index (κ1) is 11.4. The Labute approximate surface area is 94.4 Å². The Bertz CT molecular complexity index is 281. The first-order valence-electron chi connectivity index (χ1n) is 4.28. The van der Waals surface area contributed by atoms with Crippen LogP contribution in [0.1, 0.15) is 13.8 Å². The van der Waals surface area contributed by atoms with Gasteiger partial charge in [0.25, 0.3) is 0 Å². The summed E-state index contributed by atoms with van der Waals surface area (Å²) in [7, 11) is 0. The molecule has 0 unspecified atom stereocenters. The summed E-state index contributed by atoms with van der Waals surface area (Å²) < 4.78 is 4.96. The van der Waals surface area contributed by atoms with Crippen LogP contribution in [0.4, 0.5) is 0 Å². The summed E-state index contributed by atoms with van der Waals surface area (Å²) in [4.78, 5) is 10.8. The Morgan fingerprint density at radius 3 is 2.54 bits per heavy atom. The second kappa shape index (κ2) is 4.69. The number of aliphatic carboxylic acids is 1. The van der Waals surface area contributed by atoms with Gasteiger partial charge in [0.05, 0.1) is 0 Å². The van der Waals surface area contributed by atoms with Crippen LogP contribution in [0.2, 0.25) is 3.67 Å². The zero-order chi connectivity index (χ0) is 10.0. The first-order chi connectivity index (χ1) is 6.06. The number of hydrogen-bond acceptors (Lipinski definition) is 1. The monoisotopic (exact) mass is 346 g/mol. The summed E-state index contributed by atoms with van der Waals surface area (Å²) >= 11 is 1.55. The third-order valence-electron chi connectivity index (χ3n) is 2.24. The van der Waals surface area contributed by atoms with Gasteiger partial charge in [0.2, 0.25) is 0 Å². The van der Waals surface area contributed by atoms with E-state index < -0.39 is 27.4 Å². The SMILES string of the molecule is C[CH](C)[In]1[CH]=C(CBr)C(C(=O)O)=[CH]1. The molecule has 0 aromatic rings. The molecular weight excluding hydrogens is 335 g/mol. The molecule has 0 bridgehead atoms. The molecule has 0 spiro atoms. The van der Waals surface area contributed by atoms with Crippen LogP contribution in [0.15, 0.2) is 18.8 Å². The van der Waals surface area contributed by atoms with E-state index in [-0.39, 0.29) is 0 Å². The fraction of sp³-hybridized carbons (Fsp3) is 0.444. The first-order valence-corrected chi connectivity index (χ1v) is 11.1. The molecule has 0 aliphatic carbocycles.